The summed E-state index contributed by atoms with van der Waals surface area (Å²) in [5.41, 5.74) is 4.00. The van der Waals surface area contributed by atoms with Gasteiger partial charge in [-0.25, -0.2) is 4.39 Å². The van der Waals surface area contributed by atoms with Gasteiger partial charge in [0.15, 0.2) is 0 Å². The zero-order valence-electron chi connectivity index (χ0n) is 15.5. The molecule has 0 atom stereocenters. The molecule has 3 nitrogen and oxygen atoms in total. The lowest BCUT2D eigenvalue weighted by molar-refractivity contribution is 0.475. The highest BCUT2D eigenvalue weighted by Crippen LogP contribution is 2.31. The first-order valence-corrected chi connectivity index (χ1v) is 9.84. The number of hydrogen-bond acceptors (Lipinski definition) is 3. The Bertz CT molecular complexity index is 962. The van der Waals surface area contributed by atoms with Crippen molar-refractivity contribution in [1.82, 2.24) is 5.32 Å². The number of para-hydroxylation sites is 1. The van der Waals surface area contributed by atoms with E-state index >= 15 is 0 Å². The van der Waals surface area contributed by atoms with Crippen LogP contribution in [0.15, 0.2) is 60.7 Å². The van der Waals surface area contributed by atoms with E-state index in [2.05, 4.69) is 16.7 Å². The average Bonchev–Trinajstić information content (AvgIpc) is 2.95. The number of rotatable bonds is 5. The van der Waals surface area contributed by atoms with E-state index in [1.165, 1.54) is 17.2 Å². The molecule has 0 bridgehead atoms. The minimum Gasteiger partial charge on any atom is -0.457 e. The lowest BCUT2D eigenvalue weighted by atomic mass is 10.0. The van der Waals surface area contributed by atoms with Gasteiger partial charge in [-0.3, -0.25) is 0 Å². The Morgan fingerprint density at radius 1 is 0.964 bits per heavy atom. The van der Waals surface area contributed by atoms with Crippen molar-refractivity contribution in [1.29, 1.82) is 0 Å². The van der Waals surface area contributed by atoms with Crippen molar-refractivity contribution in [2.75, 3.05) is 18.4 Å². The van der Waals surface area contributed by atoms with Gasteiger partial charge in [0.1, 0.15) is 17.3 Å². The summed E-state index contributed by atoms with van der Waals surface area (Å²) in [5.74, 6) is 0.853. The highest BCUT2D eigenvalue weighted by molar-refractivity contribution is 6.33. The van der Waals surface area contributed by atoms with Crippen molar-refractivity contribution in [3.63, 3.8) is 0 Å². The molecular weight excluding hydrogens is 375 g/mol. The smallest absolute Gasteiger partial charge is 0.131 e. The highest BCUT2D eigenvalue weighted by Gasteiger charge is 2.15. The number of nitrogens with one attached hydrogen (secondary N) is 2. The van der Waals surface area contributed by atoms with Gasteiger partial charge in [-0.1, -0.05) is 41.9 Å². The zero-order chi connectivity index (χ0) is 19.3. The third kappa shape index (κ3) is 4.29. The molecule has 5 heteroatoms. The molecule has 0 amide bonds. The van der Waals surface area contributed by atoms with Crippen LogP contribution in [-0.2, 0) is 19.4 Å². The quantitative estimate of drug-likeness (QED) is 0.591. The maximum absolute atomic E-state index is 14.6. The van der Waals surface area contributed by atoms with Gasteiger partial charge < -0.3 is 15.4 Å². The van der Waals surface area contributed by atoms with Crippen LogP contribution in [0.4, 0.5) is 10.1 Å². The van der Waals surface area contributed by atoms with Crippen molar-refractivity contribution >= 4 is 17.3 Å². The van der Waals surface area contributed by atoms with E-state index in [0.29, 0.717) is 28.6 Å². The number of anilines is 1. The molecule has 0 unspecified atom stereocenters. The van der Waals surface area contributed by atoms with Crippen molar-refractivity contribution in [2.45, 2.75) is 19.4 Å². The zero-order valence-corrected chi connectivity index (χ0v) is 16.2. The molecule has 0 aliphatic carbocycles. The van der Waals surface area contributed by atoms with Gasteiger partial charge in [0, 0.05) is 18.2 Å². The molecule has 3 aromatic rings. The summed E-state index contributed by atoms with van der Waals surface area (Å²) < 4.78 is 20.3. The van der Waals surface area contributed by atoms with Crippen LogP contribution in [0.1, 0.15) is 16.7 Å². The third-order valence-corrected chi connectivity index (χ3v) is 5.26. The van der Waals surface area contributed by atoms with Crippen LogP contribution in [0.2, 0.25) is 5.02 Å². The molecule has 28 heavy (non-hydrogen) atoms. The lowest BCUT2D eigenvalue weighted by Crippen LogP contribution is -2.16. The van der Waals surface area contributed by atoms with E-state index in [1.807, 2.05) is 36.4 Å². The van der Waals surface area contributed by atoms with E-state index in [-0.39, 0.29) is 5.82 Å². The molecular formula is C23H22ClFN2O. The minimum absolute atomic E-state index is 0.305. The van der Waals surface area contributed by atoms with E-state index < -0.39 is 0 Å². The second-order valence-corrected chi connectivity index (χ2v) is 7.24. The first-order chi connectivity index (χ1) is 13.7. The second-order valence-electron chi connectivity index (χ2n) is 6.83. The Hall–Kier alpha value is -2.56. The highest BCUT2D eigenvalue weighted by atomic mass is 35.5. The number of halogens is 2. The molecule has 0 saturated heterocycles. The largest absolute Gasteiger partial charge is 0.457 e. The van der Waals surface area contributed by atoms with E-state index in [9.17, 15) is 4.39 Å². The summed E-state index contributed by atoms with van der Waals surface area (Å²) in [4.78, 5) is 0. The Morgan fingerprint density at radius 2 is 1.79 bits per heavy atom. The maximum atomic E-state index is 14.6. The Labute approximate surface area is 169 Å². The molecule has 1 aliphatic heterocycles. The lowest BCUT2D eigenvalue weighted by Gasteiger charge is -2.17. The predicted molar refractivity (Wildman–Crippen MR) is 112 cm³/mol. The van der Waals surface area contributed by atoms with Gasteiger partial charge in [-0.05, 0) is 61.3 Å². The van der Waals surface area contributed by atoms with Crippen molar-refractivity contribution in [2.24, 2.45) is 0 Å². The summed E-state index contributed by atoms with van der Waals surface area (Å²) in [7, 11) is 0. The van der Waals surface area contributed by atoms with Gasteiger partial charge in [0.2, 0.25) is 0 Å². The minimum atomic E-state index is -0.305. The number of hydrogen-bond donors (Lipinski definition) is 2. The number of fused-ring (bicyclic) bond motifs is 1. The van der Waals surface area contributed by atoms with Crippen LogP contribution in [0.25, 0.3) is 0 Å². The van der Waals surface area contributed by atoms with Crippen molar-refractivity contribution in [3.05, 3.63) is 88.2 Å². The summed E-state index contributed by atoms with van der Waals surface area (Å²) >= 11 is 6.44. The van der Waals surface area contributed by atoms with E-state index in [1.54, 1.807) is 12.1 Å². The molecule has 4 rings (SSSR count). The Kier molecular flexibility index (Phi) is 5.79. The van der Waals surface area contributed by atoms with Gasteiger partial charge >= 0.3 is 0 Å². The fourth-order valence-electron chi connectivity index (χ4n) is 3.48. The normalized spacial score (nSPS) is 13.5. The maximum Gasteiger partial charge on any atom is 0.131 e. The summed E-state index contributed by atoms with van der Waals surface area (Å²) in [6.07, 6.45) is 1.88. The van der Waals surface area contributed by atoms with Gasteiger partial charge in [0.05, 0.1) is 10.7 Å². The first kappa shape index (κ1) is 18.8. The topological polar surface area (TPSA) is 33.3 Å². The molecule has 0 aromatic heterocycles. The van der Waals surface area contributed by atoms with Crippen LogP contribution in [0.3, 0.4) is 0 Å². The van der Waals surface area contributed by atoms with Crippen LogP contribution in [0, 0.1) is 5.82 Å². The number of benzene rings is 3. The SMILES string of the molecule is Fc1cc(Oc2ccccc2)ccc1CNc1c(Cl)ccc2c1CCNCC2. The molecule has 1 heterocycles. The summed E-state index contributed by atoms with van der Waals surface area (Å²) in [6, 6.07) is 18.3. The molecule has 3 aromatic carbocycles. The van der Waals surface area contributed by atoms with Crippen LogP contribution < -0.4 is 15.4 Å². The Balaban J connectivity index is 1.50. The van der Waals surface area contributed by atoms with E-state index in [4.69, 9.17) is 16.3 Å². The summed E-state index contributed by atoms with van der Waals surface area (Å²) in [5, 5.41) is 7.43. The fraction of sp³-hybridized carbons (Fsp3) is 0.217. The second kappa shape index (κ2) is 8.63. The molecule has 0 spiro atoms. The predicted octanol–water partition coefficient (Wildman–Crippen LogP) is 5.57. The summed E-state index contributed by atoms with van der Waals surface area (Å²) in [6.45, 7) is 2.24. The molecule has 0 radical (unpaired) electrons. The van der Waals surface area contributed by atoms with Crippen molar-refractivity contribution in [3.8, 4) is 11.5 Å². The molecule has 1 aliphatic rings. The molecule has 144 valence electrons. The monoisotopic (exact) mass is 396 g/mol. The fourth-order valence-corrected chi connectivity index (χ4v) is 3.72. The molecule has 0 fully saturated rings. The van der Waals surface area contributed by atoms with Gasteiger partial charge in [0.25, 0.3) is 0 Å². The average molecular weight is 397 g/mol. The van der Waals surface area contributed by atoms with Crippen LogP contribution >= 0.6 is 11.6 Å². The van der Waals surface area contributed by atoms with Gasteiger partial charge in [-0.15, -0.1) is 0 Å². The van der Waals surface area contributed by atoms with E-state index in [0.717, 1.165) is 31.6 Å². The Morgan fingerprint density at radius 3 is 2.61 bits per heavy atom. The van der Waals surface area contributed by atoms with Crippen molar-refractivity contribution < 1.29 is 9.13 Å². The third-order valence-electron chi connectivity index (χ3n) is 4.94. The molecule has 2 N–H and O–H groups in total. The molecule has 0 saturated carbocycles. The van der Waals surface area contributed by atoms with Crippen LogP contribution in [0.5, 0.6) is 11.5 Å². The van der Waals surface area contributed by atoms with Gasteiger partial charge in [-0.2, -0.15) is 0 Å². The standard InChI is InChI=1S/C23H22ClFN2O/c24-21-9-7-16-10-12-26-13-11-20(16)23(21)27-15-17-6-8-19(14-22(17)25)28-18-4-2-1-3-5-18/h1-9,14,26-27H,10-13,15H2. The number of ether oxygens (including phenoxy) is 1. The first-order valence-electron chi connectivity index (χ1n) is 9.47. The van der Waals surface area contributed by atoms with Crippen LogP contribution in [-0.4, -0.2) is 13.1 Å².